The van der Waals surface area contributed by atoms with Crippen molar-refractivity contribution < 1.29 is 9.59 Å². The van der Waals surface area contributed by atoms with Gasteiger partial charge in [-0.15, -0.1) is 0 Å². The molecule has 176 valence electrons. The number of benzene rings is 3. The van der Waals surface area contributed by atoms with Crippen molar-refractivity contribution in [3.8, 4) is 0 Å². The van der Waals surface area contributed by atoms with Gasteiger partial charge in [-0.1, -0.05) is 110 Å². The van der Waals surface area contributed by atoms with Gasteiger partial charge >= 0.3 is 0 Å². The first kappa shape index (κ1) is 23.7. The first-order chi connectivity index (χ1) is 16.7. The molecule has 1 atom stereocenters. The van der Waals surface area contributed by atoms with Crippen molar-refractivity contribution in [3.63, 3.8) is 0 Å². The fourth-order valence-corrected chi connectivity index (χ4v) is 4.75. The summed E-state index contributed by atoms with van der Waals surface area (Å²) in [5, 5.41) is 3.29. The Balaban J connectivity index is 1.62. The molecule has 0 saturated heterocycles. The van der Waals surface area contributed by atoms with Gasteiger partial charge in [0.2, 0.25) is 11.8 Å². The molecule has 0 aromatic heterocycles. The van der Waals surface area contributed by atoms with Crippen molar-refractivity contribution >= 4 is 11.8 Å². The van der Waals surface area contributed by atoms with Crippen LogP contribution in [0.2, 0.25) is 0 Å². The lowest BCUT2D eigenvalue weighted by atomic mass is 9.94. The lowest BCUT2D eigenvalue weighted by Crippen LogP contribution is -2.53. The minimum absolute atomic E-state index is 0.0326. The maximum atomic E-state index is 13.7. The van der Waals surface area contributed by atoms with Crippen LogP contribution in [-0.2, 0) is 29.0 Å². The van der Waals surface area contributed by atoms with E-state index < -0.39 is 6.04 Å². The Morgan fingerprint density at radius 2 is 1.26 bits per heavy atom. The fraction of sp³-hybridized carbons (Fsp3) is 0.333. The summed E-state index contributed by atoms with van der Waals surface area (Å²) in [6, 6.07) is 29.4. The number of carbonyl (C=O) groups is 2. The van der Waals surface area contributed by atoms with Crippen molar-refractivity contribution in [2.75, 3.05) is 0 Å². The number of carbonyl (C=O) groups excluding carboxylic acids is 2. The molecule has 0 bridgehead atoms. The van der Waals surface area contributed by atoms with Gasteiger partial charge in [-0.3, -0.25) is 9.59 Å². The van der Waals surface area contributed by atoms with Crippen molar-refractivity contribution in [2.45, 2.75) is 63.6 Å². The fourth-order valence-electron chi connectivity index (χ4n) is 4.75. The summed E-state index contributed by atoms with van der Waals surface area (Å²) in [7, 11) is 0. The molecule has 0 spiro atoms. The van der Waals surface area contributed by atoms with Gasteiger partial charge in [0.05, 0.1) is 6.42 Å². The quantitative estimate of drug-likeness (QED) is 0.476. The van der Waals surface area contributed by atoms with E-state index in [-0.39, 0.29) is 24.3 Å². The van der Waals surface area contributed by atoms with E-state index in [1.165, 1.54) is 6.42 Å². The Morgan fingerprint density at radius 3 is 1.85 bits per heavy atom. The van der Waals surface area contributed by atoms with Crippen LogP contribution in [0.4, 0.5) is 0 Å². The summed E-state index contributed by atoms with van der Waals surface area (Å²) in [6.07, 6.45) is 6.32. The predicted octanol–water partition coefficient (Wildman–Crippen LogP) is 5.32. The second kappa shape index (κ2) is 12.2. The lowest BCUT2D eigenvalue weighted by molar-refractivity contribution is -0.141. The lowest BCUT2D eigenvalue weighted by Gasteiger charge is -2.33. The third-order valence-electron chi connectivity index (χ3n) is 6.62. The van der Waals surface area contributed by atoms with Crippen LogP contribution in [0, 0.1) is 0 Å². The van der Waals surface area contributed by atoms with Crippen LogP contribution in [0.1, 0.15) is 48.8 Å². The summed E-state index contributed by atoms with van der Waals surface area (Å²) < 4.78 is 0. The summed E-state index contributed by atoms with van der Waals surface area (Å²) in [5.41, 5.74) is 3.03. The number of nitrogens with zero attached hydrogens (tertiary/aromatic N) is 1. The minimum Gasteiger partial charge on any atom is -0.352 e. The Labute approximate surface area is 203 Å². The highest BCUT2D eigenvalue weighted by atomic mass is 16.2. The summed E-state index contributed by atoms with van der Waals surface area (Å²) >= 11 is 0. The Morgan fingerprint density at radius 1 is 0.735 bits per heavy atom. The molecule has 3 aromatic carbocycles. The Kier molecular flexibility index (Phi) is 8.50. The largest absolute Gasteiger partial charge is 0.352 e. The number of hydrogen-bond donors (Lipinski definition) is 1. The van der Waals surface area contributed by atoms with Gasteiger partial charge in [-0.2, -0.15) is 0 Å². The standard InChI is InChI=1S/C30H34N2O2/c33-29(22-25-15-7-2-8-16-25)32(23-26-17-9-3-10-18-26)28(21-24-13-5-1-6-14-24)30(34)31-27-19-11-4-12-20-27/h1-3,5-10,13-18,27-28H,4,11-12,19-23H2,(H,31,34)/t28-/m0/s1. The topological polar surface area (TPSA) is 49.4 Å². The highest BCUT2D eigenvalue weighted by molar-refractivity contribution is 5.89. The van der Waals surface area contributed by atoms with Crippen molar-refractivity contribution in [1.29, 1.82) is 0 Å². The van der Waals surface area contributed by atoms with E-state index in [0.717, 1.165) is 42.4 Å². The molecular weight excluding hydrogens is 420 g/mol. The molecule has 3 aromatic rings. The van der Waals surface area contributed by atoms with Crippen LogP contribution < -0.4 is 5.32 Å². The molecule has 1 N–H and O–H groups in total. The molecule has 1 aliphatic rings. The highest BCUT2D eigenvalue weighted by Crippen LogP contribution is 2.20. The van der Waals surface area contributed by atoms with Crippen LogP contribution in [0.15, 0.2) is 91.0 Å². The molecule has 4 heteroatoms. The van der Waals surface area contributed by atoms with Crippen LogP contribution in [-0.4, -0.2) is 28.8 Å². The number of nitrogens with one attached hydrogen (secondary N) is 1. The highest BCUT2D eigenvalue weighted by Gasteiger charge is 2.31. The Hall–Kier alpha value is -3.40. The molecule has 1 aliphatic carbocycles. The normalized spacial score (nSPS) is 14.8. The van der Waals surface area contributed by atoms with Gasteiger partial charge < -0.3 is 10.2 Å². The van der Waals surface area contributed by atoms with Gasteiger partial charge in [0.15, 0.2) is 0 Å². The van der Waals surface area contributed by atoms with Crippen LogP contribution in [0.25, 0.3) is 0 Å². The molecule has 1 fully saturated rings. The number of amides is 2. The van der Waals surface area contributed by atoms with E-state index in [1.54, 1.807) is 4.90 Å². The van der Waals surface area contributed by atoms with Gasteiger partial charge in [-0.05, 0) is 29.5 Å². The zero-order chi connectivity index (χ0) is 23.6. The third-order valence-corrected chi connectivity index (χ3v) is 6.62. The van der Waals surface area contributed by atoms with Crippen LogP contribution >= 0.6 is 0 Å². The average molecular weight is 455 g/mol. The summed E-state index contributed by atoms with van der Waals surface area (Å²) in [5.74, 6) is -0.0807. The van der Waals surface area contributed by atoms with E-state index in [1.807, 2.05) is 91.0 Å². The first-order valence-corrected chi connectivity index (χ1v) is 12.4. The molecule has 0 unspecified atom stereocenters. The molecule has 1 saturated carbocycles. The summed E-state index contributed by atoms with van der Waals surface area (Å²) in [4.78, 5) is 29.2. The van der Waals surface area contributed by atoms with Crippen molar-refractivity contribution in [1.82, 2.24) is 10.2 Å². The van der Waals surface area contributed by atoms with Crippen LogP contribution in [0.3, 0.4) is 0 Å². The van der Waals surface area contributed by atoms with Gasteiger partial charge in [0, 0.05) is 19.0 Å². The molecule has 34 heavy (non-hydrogen) atoms. The minimum atomic E-state index is -0.569. The third kappa shape index (κ3) is 6.80. The smallest absolute Gasteiger partial charge is 0.243 e. The average Bonchev–Trinajstić information content (AvgIpc) is 2.88. The van der Waals surface area contributed by atoms with E-state index in [9.17, 15) is 9.59 Å². The molecule has 0 radical (unpaired) electrons. The molecule has 0 heterocycles. The maximum absolute atomic E-state index is 13.7. The maximum Gasteiger partial charge on any atom is 0.243 e. The molecule has 4 nitrogen and oxygen atoms in total. The van der Waals surface area contributed by atoms with Crippen molar-refractivity contribution in [2.24, 2.45) is 0 Å². The molecule has 4 rings (SSSR count). The zero-order valence-corrected chi connectivity index (χ0v) is 19.7. The first-order valence-electron chi connectivity index (χ1n) is 12.4. The van der Waals surface area contributed by atoms with E-state index in [0.29, 0.717) is 13.0 Å². The van der Waals surface area contributed by atoms with E-state index in [4.69, 9.17) is 0 Å². The van der Waals surface area contributed by atoms with Gasteiger partial charge in [0.25, 0.3) is 0 Å². The Bertz CT molecular complexity index is 1030. The van der Waals surface area contributed by atoms with Crippen LogP contribution in [0.5, 0.6) is 0 Å². The molecule has 2 amide bonds. The molecular formula is C30H34N2O2. The number of rotatable bonds is 9. The van der Waals surface area contributed by atoms with E-state index >= 15 is 0 Å². The second-order valence-electron chi connectivity index (χ2n) is 9.22. The SMILES string of the molecule is O=C(NC1CCCCC1)[C@H](Cc1ccccc1)N(Cc1ccccc1)C(=O)Cc1ccccc1. The molecule has 0 aliphatic heterocycles. The number of hydrogen-bond acceptors (Lipinski definition) is 2. The van der Waals surface area contributed by atoms with E-state index in [2.05, 4.69) is 5.32 Å². The van der Waals surface area contributed by atoms with Gasteiger partial charge in [-0.25, -0.2) is 0 Å². The predicted molar refractivity (Wildman–Crippen MR) is 136 cm³/mol. The van der Waals surface area contributed by atoms with Gasteiger partial charge in [0.1, 0.15) is 6.04 Å². The van der Waals surface area contributed by atoms with Crippen molar-refractivity contribution in [3.05, 3.63) is 108 Å². The second-order valence-corrected chi connectivity index (χ2v) is 9.22. The zero-order valence-electron chi connectivity index (χ0n) is 19.7. The summed E-state index contributed by atoms with van der Waals surface area (Å²) in [6.45, 7) is 0.405. The monoisotopic (exact) mass is 454 g/mol.